The second kappa shape index (κ2) is 7.05. The van der Waals surface area contributed by atoms with E-state index in [1.807, 2.05) is 49.4 Å². The van der Waals surface area contributed by atoms with Gasteiger partial charge in [-0.2, -0.15) is 0 Å². The van der Waals surface area contributed by atoms with E-state index in [-0.39, 0.29) is 11.9 Å². The molecule has 4 heteroatoms. The van der Waals surface area contributed by atoms with Gasteiger partial charge in [0.1, 0.15) is 5.75 Å². The van der Waals surface area contributed by atoms with E-state index in [2.05, 4.69) is 5.32 Å². The van der Waals surface area contributed by atoms with E-state index in [9.17, 15) is 4.79 Å². The molecule has 0 aromatic heterocycles. The summed E-state index contributed by atoms with van der Waals surface area (Å²) in [5, 5.41) is 3.87. The van der Waals surface area contributed by atoms with Gasteiger partial charge in [0.2, 0.25) is 5.91 Å². The molecule has 0 radical (unpaired) electrons. The van der Waals surface area contributed by atoms with E-state index in [1.165, 1.54) is 0 Å². The maximum Gasteiger partial charge on any atom is 0.220 e. The fraction of sp³-hybridized carbons (Fsp3) is 0.316. The Hall–Kier alpha value is -2.00. The number of fused-ring (bicyclic) bond motifs is 1. The Kier molecular flexibility index (Phi) is 4.87. The second-order valence-corrected chi connectivity index (χ2v) is 6.29. The van der Waals surface area contributed by atoms with Crippen LogP contribution in [0, 0.1) is 6.92 Å². The minimum Gasteiger partial charge on any atom is -0.493 e. The molecule has 1 heterocycles. The molecule has 1 N–H and O–H groups in total. The van der Waals surface area contributed by atoms with Gasteiger partial charge in [0.05, 0.1) is 12.6 Å². The van der Waals surface area contributed by atoms with Crippen LogP contribution < -0.4 is 10.1 Å². The number of benzene rings is 2. The predicted octanol–water partition coefficient (Wildman–Crippen LogP) is 4.22. The summed E-state index contributed by atoms with van der Waals surface area (Å²) in [4.78, 5) is 12.3. The summed E-state index contributed by atoms with van der Waals surface area (Å²) in [6.07, 6.45) is 1.95. The first-order chi connectivity index (χ1) is 11.1. The molecule has 2 aromatic carbocycles. The zero-order valence-electron chi connectivity index (χ0n) is 13.1. The highest BCUT2D eigenvalue weighted by molar-refractivity contribution is 6.31. The molecule has 1 aliphatic heterocycles. The van der Waals surface area contributed by atoms with Gasteiger partial charge in [0.25, 0.3) is 0 Å². The molecule has 0 saturated heterocycles. The van der Waals surface area contributed by atoms with Crippen LogP contribution in [0.2, 0.25) is 5.02 Å². The van der Waals surface area contributed by atoms with E-state index >= 15 is 0 Å². The number of hydrogen-bond acceptors (Lipinski definition) is 2. The van der Waals surface area contributed by atoms with Crippen LogP contribution in [0.25, 0.3) is 0 Å². The number of carbonyl (C=O) groups excluding carboxylic acids is 1. The van der Waals surface area contributed by atoms with Gasteiger partial charge in [0.15, 0.2) is 0 Å². The summed E-state index contributed by atoms with van der Waals surface area (Å²) in [5.41, 5.74) is 3.20. The number of amides is 1. The lowest BCUT2D eigenvalue weighted by molar-refractivity contribution is -0.122. The van der Waals surface area contributed by atoms with E-state index in [0.29, 0.717) is 19.4 Å². The molecule has 1 atom stereocenters. The van der Waals surface area contributed by atoms with Crippen molar-refractivity contribution in [2.24, 2.45) is 0 Å². The molecule has 3 nitrogen and oxygen atoms in total. The monoisotopic (exact) mass is 329 g/mol. The molecule has 1 unspecified atom stereocenters. The molecule has 0 saturated carbocycles. The van der Waals surface area contributed by atoms with Crippen LogP contribution in [0.1, 0.15) is 35.6 Å². The average Bonchev–Trinajstić information content (AvgIpc) is 2.56. The quantitative estimate of drug-likeness (QED) is 0.912. The maximum absolute atomic E-state index is 12.3. The molecule has 1 amide bonds. The number of rotatable bonds is 4. The third-order valence-corrected chi connectivity index (χ3v) is 4.58. The van der Waals surface area contributed by atoms with Crippen LogP contribution in [-0.2, 0) is 11.2 Å². The Morgan fingerprint density at radius 1 is 1.30 bits per heavy atom. The maximum atomic E-state index is 12.3. The minimum atomic E-state index is 0.0362. The normalized spacial score (nSPS) is 16.3. The topological polar surface area (TPSA) is 38.3 Å². The predicted molar refractivity (Wildman–Crippen MR) is 91.9 cm³/mol. The Labute approximate surface area is 141 Å². The summed E-state index contributed by atoms with van der Waals surface area (Å²) < 4.78 is 5.62. The van der Waals surface area contributed by atoms with Crippen LogP contribution in [0.3, 0.4) is 0 Å². The Morgan fingerprint density at radius 2 is 2.13 bits per heavy atom. The van der Waals surface area contributed by atoms with Crippen molar-refractivity contribution in [2.45, 2.75) is 32.2 Å². The largest absolute Gasteiger partial charge is 0.493 e. The van der Waals surface area contributed by atoms with Gasteiger partial charge in [-0.05, 0) is 36.6 Å². The molecular formula is C19H20ClNO2. The van der Waals surface area contributed by atoms with Gasteiger partial charge in [-0.25, -0.2) is 0 Å². The van der Waals surface area contributed by atoms with Crippen LogP contribution in [-0.4, -0.2) is 12.5 Å². The second-order valence-electron chi connectivity index (χ2n) is 5.88. The summed E-state index contributed by atoms with van der Waals surface area (Å²) in [6, 6.07) is 13.9. The minimum absolute atomic E-state index is 0.0362. The molecule has 1 aliphatic rings. The van der Waals surface area contributed by atoms with E-state index in [1.54, 1.807) is 0 Å². The number of aryl methyl sites for hydroxylation is 2. The van der Waals surface area contributed by atoms with Gasteiger partial charge in [-0.15, -0.1) is 0 Å². The van der Waals surface area contributed by atoms with Crippen LogP contribution in [0.15, 0.2) is 42.5 Å². The van der Waals surface area contributed by atoms with Crippen molar-refractivity contribution in [1.82, 2.24) is 5.32 Å². The molecule has 120 valence electrons. The van der Waals surface area contributed by atoms with Crippen LogP contribution in [0.4, 0.5) is 0 Å². The lowest BCUT2D eigenvalue weighted by Crippen LogP contribution is -2.32. The number of hydrogen-bond donors (Lipinski definition) is 1. The molecule has 23 heavy (non-hydrogen) atoms. The fourth-order valence-electron chi connectivity index (χ4n) is 2.81. The first-order valence-electron chi connectivity index (χ1n) is 7.89. The average molecular weight is 330 g/mol. The highest BCUT2D eigenvalue weighted by atomic mass is 35.5. The third kappa shape index (κ3) is 3.85. The number of nitrogens with one attached hydrogen (secondary N) is 1. The van der Waals surface area contributed by atoms with Crippen molar-refractivity contribution in [2.75, 3.05) is 6.61 Å². The van der Waals surface area contributed by atoms with Crippen molar-refractivity contribution >= 4 is 17.5 Å². The number of para-hydroxylation sites is 1. The number of ether oxygens (including phenoxy) is 1. The lowest BCUT2D eigenvalue weighted by atomic mass is 10.00. The number of carbonyl (C=O) groups is 1. The third-order valence-electron chi connectivity index (χ3n) is 4.17. The number of halogens is 1. The highest BCUT2D eigenvalue weighted by Gasteiger charge is 2.22. The molecule has 2 aromatic rings. The van der Waals surface area contributed by atoms with Gasteiger partial charge in [-0.3, -0.25) is 4.79 Å². The Bertz CT molecular complexity index is 714. The summed E-state index contributed by atoms with van der Waals surface area (Å²) >= 11 is 6.13. The Balaban J connectivity index is 1.59. The van der Waals surface area contributed by atoms with Crippen LogP contribution in [0.5, 0.6) is 5.75 Å². The van der Waals surface area contributed by atoms with Crippen molar-refractivity contribution in [3.8, 4) is 5.75 Å². The van der Waals surface area contributed by atoms with Crippen molar-refractivity contribution in [1.29, 1.82) is 0 Å². The van der Waals surface area contributed by atoms with Crippen molar-refractivity contribution < 1.29 is 9.53 Å². The zero-order chi connectivity index (χ0) is 16.2. The molecule has 0 spiro atoms. The molecular weight excluding hydrogens is 310 g/mol. The Morgan fingerprint density at radius 3 is 2.96 bits per heavy atom. The first kappa shape index (κ1) is 15.9. The summed E-state index contributed by atoms with van der Waals surface area (Å²) in [6.45, 7) is 2.61. The zero-order valence-corrected chi connectivity index (χ0v) is 13.9. The van der Waals surface area contributed by atoms with E-state index < -0.39 is 0 Å². The standard InChI is InChI=1S/C19H20ClNO2/c1-13-6-7-14(12-16(13)20)8-9-19(22)21-17-10-11-23-18-5-3-2-4-15(17)18/h2-7,12,17H,8-11H2,1H3,(H,21,22). The van der Waals surface area contributed by atoms with Crippen molar-refractivity contribution in [3.63, 3.8) is 0 Å². The van der Waals surface area contributed by atoms with Gasteiger partial charge in [0, 0.05) is 23.4 Å². The summed E-state index contributed by atoms with van der Waals surface area (Å²) in [7, 11) is 0. The molecule has 0 fully saturated rings. The fourth-order valence-corrected chi connectivity index (χ4v) is 3.01. The summed E-state index contributed by atoms with van der Waals surface area (Å²) in [5.74, 6) is 0.928. The molecule has 0 bridgehead atoms. The van der Waals surface area contributed by atoms with Gasteiger partial charge >= 0.3 is 0 Å². The van der Waals surface area contributed by atoms with E-state index in [0.717, 1.165) is 33.9 Å². The lowest BCUT2D eigenvalue weighted by Gasteiger charge is -2.26. The van der Waals surface area contributed by atoms with E-state index in [4.69, 9.17) is 16.3 Å². The molecule has 0 aliphatic carbocycles. The molecule has 3 rings (SSSR count). The highest BCUT2D eigenvalue weighted by Crippen LogP contribution is 2.31. The van der Waals surface area contributed by atoms with Gasteiger partial charge < -0.3 is 10.1 Å². The first-order valence-corrected chi connectivity index (χ1v) is 8.27. The van der Waals surface area contributed by atoms with Gasteiger partial charge in [-0.1, -0.05) is 41.9 Å². The van der Waals surface area contributed by atoms with Crippen molar-refractivity contribution in [3.05, 3.63) is 64.2 Å². The smallest absolute Gasteiger partial charge is 0.220 e. The van der Waals surface area contributed by atoms with Crippen LogP contribution >= 0.6 is 11.6 Å². The SMILES string of the molecule is Cc1ccc(CCC(=O)NC2CCOc3ccccc32)cc1Cl.